The Kier molecular flexibility index (Phi) is 5.40. The molecule has 2 rings (SSSR count). The molecular formula is C16H13ClFNO. The van der Waals surface area contributed by atoms with Crippen LogP contribution in [0.5, 0.6) is 5.75 Å². The molecule has 2 aromatic rings. The van der Waals surface area contributed by atoms with Gasteiger partial charge in [-0.05, 0) is 24.3 Å². The lowest BCUT2D eigenvalue weighted by molar-refractivity contribution is 0.299. The van der Waals surface area contributed by atoms with E-state index in [1.54, 1.807) is 12.3 Å². The molecular weight excluding hydrogens is 277 g/mol. The van der Waals surface area contributed by atoms with E-state index in [1.165, 1.54) is 12.1 Å². The first kappa shape index (κ1) is 14.4. The van der Waals surface area contributed by atoms with Crippen LogP contribution in [-0.4, -0.2) is 10.9 Å². The molecule has 20 heavy (non-hydrogen) atoms. The van der Waals surface area contributed by atoms with Crippen molar-refractivity contribution >= 4 is 11.6 Å². The Morgan fingerprint density at radius 1 is 1.25 bits per heavy atom. The number of ether oxygens (including phenoxy) is 1. The van der Waals surface area contributed by atoms with Crippen molar-refractivity contribution in [2.75, 3.05) is 5.88 Å². The molecule has 0 atom stereocenters. The van der Waals surface area contributed by atoms with Crippen LogP contribution in [0.25, 0.3) is 0 Å². The highest BCUT2D eigenvalue weighted by Crippen LogP contribution is 2.17. The molecule has 0 bridgehead atoms. The summed E-state index contributed by atoms with van der Waals surface area (Å²) in [6.45, 7) is 0.291. The zero-order valence-electron chi connectivity index (χ0n) is 10.8. The third-order valence-corrected chi connectivity index (χ3v) is 2.63. The van der Waals surface area contributed by atoms with E-state index in [0.29, 0.717) is 30.2 Å². The Balaban J connectivity index is 2.06. The van der Waals surface area contributed by atoms with Crippen LogP contribution in [0.2, 0.25) is 0 Å². The molecule has 2 nitrogen and oxygen atoms in total. The summed E-state index contributed by atoms with van der Waals surface area (Å²) in [4.78, 5) is 4.14. The first-order valence-electron chi connectivity index (χ1n) is 6.16. The zero-order chi connectivity index (χ0) is 14.2. The molecule has 0 saturated heterocycles. The Morgan fingerprint density at radius 2 is 2.15 bits per heavy atom. The maximum absolute atomic E-state index is 13.5. The Morgan fingerprint density at radius 3 is 2.90 bits per heavy atom. The molecule has 102 valence electrons. The van der Waals surface area contributed by atoms with Crippen molar-refractivity contribution in [3.63, 3.8) is 0 Å². The summed E-state index contributed by atoms with van der Waals surface area (Å²) in [6.07, 6.45) is 2.26. The molecule has 0 N–H and O–H groups in total. The molecule has 0 unspecified atom stereocenters. The van der Waals surface area contributed by atoms with Crippen molar-refractivity contribution in [3.05, 3.63) is 59.7 Å². The second kappa shape index (κ2) is 7.52. The summed E-state index contributed by atoms with van der Waals surface area (Å²) < 4.78 is 19.0. The second-order valence-electron chi connectivity index (χ2n) is 4.03. The number of alkyl halides is 1. The minimum absolute atomic E-state index is 0.291. The number of halogens is 2. The van der Waals surface area contributed by atoms with Gasteiger partial charge < -0.3 is 4.74 Å². The fraction of sp³-hybridized carbons (Fsp3) is 0.188. The van der Waals surface area contributed by atoms with Crippen molar-refractivity contribution in [2.45, 2.75) is 13.0 Å². The maximum Gasteiger partial charge on any atom is 0.130 e. The molecule has 1 aromatic carbocycles. The van der Waals surface area contributed by atoms with E-state index >= 15 is 0 Å². The summed E-state index contributed by atoms with van der Waals surface area (Å²) in [5.74, 6) is 6.24. The fourth-order valence-corrected chi connectivity index (χ4v) is 1.67. The predicted molar refractivity (Wildman–Crippen MR) is 77.2 cm³/mol. The van der Waals surface area contributed by atoms with Crippen molar-refractivity contribution in [3.8, 4) is 17.6 Å². The van der Waals surface area contributed by atoms with E-state index in [4.69, 9.17) is 16.3 Å². The largest absolute Gasteiger partial charge is 0.487 e. The van der Waals surface area contributed by atoms with Gasteiger partial charge in [0.15, 0.2) is 0 Å². The van der Waals surface area contributed by atoms with E-state index in [1.807, 2.05) is 18.2 Å². The first-order chi connectivity index (χ1) is 9.78. The molecule has 1 aromatic heterocycles. The molecule has 0 spiro atoms. The number of hydrogen-bond donors (Lipinski definition) is 0. The van der Waals surface area contributed by atoms with Crippen molar-refractivity contribution in [1.82, 2.24) is 4.98 Å². The third kappa shape index (κ3) is 4.56. The van der Waals surface area contributed by atoms with Gasteiger partial charge in [0, 0.05) is 30.1 Å². The highest BCUT2D eigenvalue weighted by molar-refractivity contribution is 6.18. The van der Waals surface area contributed by atoms with Gasteiger partial charge in [0.1, 0.15) is 18.2 Å². The molecule has 1 heterocycles. The lowest BCUT2D eigenvalue weighted by atomic mass is 10.2. The normalized spacial score (nSPS) is 9.70. The minimum atomic E-state index is -0.376. The van der Waals surface area contributed by atoms with Gasteiger partial charge in [0.05, 0.1) is 5.69 Å². The van der Waals surface area contributed by atoms with Crippen LogP contribution in [0, 0.1) is 17.7 Å². The van der Waals surface area contributed by atoms with Crippen LogP contribution in [0.1, 0.15) is 17.7 Å². The average molecular weight is 290 g/mol. The van der Waals surface area contributed by atoms with Crippen LogP contribution in [0.4, 0.5) is 4.39 Å². The predicted octanol–water partition coefficient (Wildman–Crippen LogP) is 3.78. The quantitative estimate of drug-likeness (QED) is 0.631. The lowest BCUT2D eigenvalue weighted by Crippen LogP contribution is -1.98. The molecule has 0 aliphatic rings. The van der Waals surface area contributed by atoms with Crippen LogP contribution in [0.15, 0.2) is 42.6 Å². The number of rotatable bonds is 4. The maximum atomic E-state index is 13.5. The van der Waals surface area contributed by atoms with Crippen molar-refractivity contribution in [1.29, 1.82) is 0 Å². The molecule has 0 radical (unpaired) electrons. The van der Waals surface area contributed by atoms with Gasteiger partial charge in [0.25, 0.3) is 0 Å². The van der Waals surface area contributed by atoms with Gasteiger partial charge in [-0.1, -0.05) is 17.9 Å². The highest BCUT2D eigenvalue weighted by atomic mass is 35.5. The highest BCUT2D eigenvalue weighted by Gasteiger charge is 2.01. The van der Waals surface area contributed by atoms with Gasteiger partial charge in [-0.15, -0.1) is 11.6 Å². The van der Waals surface area contributed by atoms with E-state index < -0.39 is 0 Å². The van der Waals surface area contributed by atoms with Crippen LogP contribution >= 0.6 is 11.6 Å². The number of pyridine rings is 1. The summed E-state index contributed by atoms with van der Waals surface area (Å²) in [5, 5.41) is 0. The SMILES string of the molecule is Fc1cc(C#CCCCl)cc(OCc2ccccn2)c1. The van der Waals surface area contributed by atoms with Crippen LogP contribution in [-0.2, 0) is 6.61 Å². The minimum Gasteiger partial charge on any atom is -0.487 e. The summed E-state index contributed by atoms with van der Waals surface area (Å²) in [5.41, 5.74) is 1.36. The van der Waals surface area contributed by atoms with Gasteiger partial charge in [-0.25, -0.2) is 4.39 Å². The standard InChI is InChI=1S/C16H13ClFNO/c17-7-3-1-5-13-9-14(18)11-16(10-13)20-12-15-6-2-4-8-19-15/h2,4,6,8-11H,3,7,12H2. The Bertz CT molecular complexity index is 619. The van der Waals surface area contributed by atoms with Crippen molar-refractivity contribution < 1.29 is 9.13 Å². The van der Waals surface area contributed by atoms with E-state index in [0.717, 1.165) is 5.69 Å². The smallest absolute Gasteiger partial charge is 0.130 e. The second-order valence-corrected chi connectivity index (χ2v) is 4.40. The first-order valence-corrected chi connectivity index (χ1v) is 6.69. The Labute approximate surface area is 122 Å². The molecule has 0 aliphatic carbocycles. The van der Waals surface area contributed by atoms with E-state index in [-0.39, 0.29) is 5.82 Å². The summed E-state index contributed by atoms with van der Waals surface area (Å²) in [6, 6.07) is 9.95. The number of nitrogens with zero attached hydrogens (tertiary/aromatic N) is 1. The van der Waals surface area contributed by atoms with Gasteiger partial charge >= 0.3 is 0 Å². The van der Waals surface area contributed by atoms with Gasteiger partial charge in [0.2, 0.25) is 0 Å². The number of benzene rings is 1. The average Bonchev–Trinajstić information content (AvgIpc) is 2.46. The molecule has 0 amide bonds. The summed E-state index contributed by atoms with van der Waals surface area (Å²) in [7, 11) is 0. The van der Waals surface area contributed by atoms with Crippen LogP contribution < -0.4 is 4.74 Å². The van der Waals surface area contributed by atoms with Gasteiger partial charge in [-0.2, -0.15) is 0 Å². The molecule has 0 aliphatic heterocycles. The fourth-order valence-electron chi connectivity index (χ4n) is 1.57. The Hall–Kier alpha value is -2.05. The lowest BCUT2D eigenvalue weighted by Gasteiger charge is -2.06. The molecule has 0 saturated carbocycles. The number of hydrogen-bond acceptors (Lipinski definition) is 2. The number of aromatic nitrogens is 1. The molecule has 4 heteroatoms. The van der Waals surface area contributed by atoms with Gasteiger partial charge in [-0.3, -0.25) is 4.98 Å². The van der Waals surface area contributed by atoms with Crippen LogP contribution in [0.3, 0.4) is 0 Å². The molecule has 0 fully saturated rings. The third-order valence-electron chi connectivity index (χ3n) is 2.44. The monoisotopic (exact) mass is 289 g/mol. The zero-order valence-corrected chi connectivity index (χ0v) is 11.5. The van der Waals surface area contributed by atoms with E-state index in [9.17, 15) is 4.39 Å². The van der Waals surface area contributed by atoms with Crippen molar-refractivity contribution in [2.24, 2.45) is 0 Å². The summed E-state index contributed by atoms with van der Waals surface area (Å²) >= 11 is 5.54. The topological polar surface area (TPSA) is 22.1 Å². The van der Waals surface area contributed by atoms with E-state index in [2.05, 4.69) is 16.8 Å².